The van der Waals surface area contributed by atoms with Crippen LogP contribution in [0, 0.1) is 0 Å². The zero-order valence-electron chi connectivity index (χ0n) is 24.0. The average molecular weight is 619 g/mol. The second kappa shape index (κ2) is 14.3. The maximum Gasteiger partial charge on any atom is 0.261 e. The molecule has 0 fully saturated rings. The monoisotopic (exact) mass is 618 g/mol. The molecular weight excluding hydrogens is 580 g/mol. The van der Waals surface area contributed by atoms with Crippen LogP contribution in [0.1, 0.15) is 25.7 Å². The Morgan fingerprint density at radius 2 is 1.07 bits per heavy atom. The molecule has 0 saturated carbocycles. The number of anilines is 2. The van der Waals surface area contributed by atoms with Crippen LogP contribution in [0.15, 0.2) is 82.6 Å². The third kappa shape index (κ3) is 8.33. The van der Waals surface area contributed by atoms with Gasteiger partial charge >= 0.3 is 0 Å². The highest BCUT2D eigenvalue weighted by Crippen LogP contribution is 2.32. The third-order valence-corrected chi connectivity index (χ3v) is 9.56. The molecule has 0 amide bonds. The maximum atomic E-state index is 12.7. The van der Waals surface area contributed by atoms with E-state index in [1.54, 1.807) is 24.3 Å². The Balaban J connectivity index is 0.000000239. The Kier molecular flexibility index (Phi) is 11.4. The van der Waals surface area contributed by atoms with Crippen molar-refractivity contribution in [1.82, 2.24) is 4.72 Å². The van der Waals surface area contributed by atoms with Crippen LogP contribution in [0.5, 0.6) is 0 Å². The molecule has 0 atom stereocenters. The average Bonchev–Trinajstić information content (AvgIpc) is 2.93. The van der Waals surface area contributed by atoms with E-state index in [0.717, 1.165) is 53.2 Å². The SMILES string of the molecule is CN(C)c1cccc2c(S(=O)(=O)Cl)cccc12.CN(C)c1cccc2c(S(=O)(=O)NCCCCCCN)cccc12. The van der Waals surface area contributed by atoms with Crippen LogP contribution in [-0.4, -0.2) is 58.1 Å². The van der Waals surface area contributed by atoms with Gasteiger partial charge in [0.1, 0.15) is 0 Å². The van der Waals surface area contributed by atoms with Gasteiger partial charge in [-0.3, -0.25) is 0 Å². The second-order valence-electron chi connectivity index (χ2n) is 10.1. The Labute approximate surface area is 248 Å². The zero-order chi connectivity index (χ0) is 30.2. The largest absolute Gasteiger partial charge is 0.377 e. The molecule has 0 spiro atoms. The van der Waals surface area contributed by atoms with E-state index >= 15 is 0 Å². The molecule has 4 aromatic carbocycles. The fraction of sp³-hybridized carbons (Fsp3) is 0.333. The standard InChI is InChI=1S/C18H27N3O2S.C12H12ClNO2S/c1-21(2)17-11-7-10-16-15(17)9-8-12-18(16)24(22,23)20-14-6-4-3-5-13-19;1-14(2)11-7-3-6-10-9(11)5-4-8-12(10)17(13,15)16/h7-12,20H,3-6,13-14,19H2,1-2H3;3-8H,1-2H3. The number of fused-ring (bicyclic) bond motifs is 2. The highest BCUT2D eigenvalue weighted by molar-refractivity contribution is 8.14. The molecule has 3 N–H and O–H groups in total. The van der Waals surface area contributed by atoms with Crippen LogP contribution in [-0.2, 0) is 19.1 Å². The summed E-state index contributed by atoms with van der Waals surface area (Å²) < 4.78 is 51.0. The van der Waals surface area contributed by atoms with Crippen LogP contribution in [0.3, 0.4) is 0 Å². The molecule has 0 aliphatic heterocycles. The summed E-state index contributed by atoms with van der Waals surface area (Å²) in [5, 5.41) is 3.21. The molecule has 0 aromatic heterocycles. The van der Waals surface area contributed by atoms with Gasteiger partial charge in [0.05, 0.1) is 9.79 Å². The van der Waals surface area contributed by atoms with E-state index in [1.807, 2.05) is 80.5 Å². The minimum absolute atomic E-state index is 0.153. The molecule has 0 bridgehead atoms. The highest BCUT2D eigenvalue weighted by atomic mass is 35.7. The smallest absolute Gasteiger partial charge is 0.261 e. The van der Waals surface area contributed by atoms with Gasteiger partial charge in [-0.25, -0.2) is 21.6 Å². The van der Waals surface area contributed by atoms with Gasteiger partial charge in [-0.05, 0) is 43.7 Å². The van der Waals surface area contributed by atoms with Crippen molar-refractivity contribution in [3.8, 4) is 0 Å². The lowest BCUT2D eigenvalue weighted by atomic mass is 10.1. The number of rotatable bonds is 11. The maximum absolute atomic E-state index is 12.7. The van der Waals surface area contributed by atoms with Crippen molar-refractivity contribution in [2.24, 2.45) is 5.73 Å². The molecule has 0 radical (unpaired) electrons. The van der Waals surface area contributed by atoms with Gasteiger partial charge in [0.15, 0.2) is 0 Å². The highest BCUT2D eigenvalue weighted by Gasteiger charge is 2.18. The molecule has 4 rings (SSSR count). The molecule has 0 aliphatic carbocycles. The molecule has 0 heterocycles. The molecular formula is C30H39ClN4O4S2. The van der Waals surface area contributed by atoms with E-state index < -0.39 is 19.1 Å². The fourth-order valence-corrected chi connectivity index (χ4v) is 7.04. The lowest BCUT2D eigenvalue weighted by Crippen LogP contribution is -2.25. The van der Waals surface area contributed by atoms with Crippen LogP contribution in [0.25, 0.3) is 21.5 Å². The summed E-state index contributed by atoms with van der Waals surface area (Å²) in [6.45, 7) is 1.15. The summed E-state index contributed by atoms with van der Waals surface area (Å²) >= 11 is 0. The number of unbranched alkanes of at least 4 members (excludes halogenated alkanes) is 3. The number of benzene rings is 4. The van der Waals surface area contributed by atoms with Crippen molar-refractivity contribution in [1.29, 1.82) is 0 Å². The normalized spacial score (nSPS) is 11.8. The van der Waals surface area contributed by atoms with E-state index in [0.29, 0.717) is 23.4 Å². The summed E-state index contributed by atoms with van der Waals surface area (Å²) in [5.74, 6) is 0. The van der Waals surface area contributed by atoms with Crippen LogP contribution >= 0.6 is 10.7 Å². The van der Waals surface area contributed by atoms with Gasteiger partial charge < -0.3 is 15.5 Å². The van der Waals surface area contributed by atoms with Gasteiger partial charge in [0, 0.05) is 78.3 Å². The number of nitrogens with two attached hydrogens (primary N) is 1. The summed E-state index contributed by atoms with van der Waals surface area (Å²) in [6, 6.07) is 21.8. The van der Waals surface area contributed by atoms with Crippen molar-refractivity contribution in [3.05, 3.63) is 72.8 Å². The molecule has 11 heteroatoms. The van der Waals surface area contributed by atoms with Crippen LogP contribution in [0.4, 0.5) is 11.4 Å². The Bertz CT molecular complexity index is 1690. The summed E-state index contributed by atoms with van der Waals surface area (Å²) in [7, 11) is 5.93. The van der Waals surface area contributed by atoms with Crippen molar-refractivity contribution < 1.29 is 16.8 Å². The van der Waals surface area contributed by atoms with Gasteiger partial charge in [0.25, 0.3) is 9.05 Å². The lowest BCUT2D eigenvalue weighted by Gasteiger charge is -2.17. The Hall–Kier alpha value is -2.89. The van der Waals surface area contributed by atoms with Gasteiger partial charge in [-0.1, -0.05) is 61.4 Å². The zero-order valence-corrected chi connectivity index (χ0v) is 26.4. The summed E-state index contributed by atoms with van der Waals surface area (Å²) in [4.78, 5) is 4.42. The van der Waals surface area contributed by atoms with Crippen LogP contribution in [0.2, 0.25) is 0 Å². The number of sulfonamides is 1. The summed E-state index contributed by atoms with van der Waals surface area (Å²) in [6.07, 6.45) is 3.84. The molecule has 0 unspecified atom stereocenters. The molecule has 4 aromatic rings. The number of nitrogens with zero attached hydrogens (tertiary/aromatic N) is 2. The Morgan fingerprint density at radius 3 is 1.56 bits per heavy atom. The van der Waals surface area contributed by atoms with E-state index in [4.69, 9.17) is 16.4 Å². The number of hydrogen-bond acceptors (Lipinski definition) is 7. The second-order valence-corrected chi connectivity index (χ2v) is 14.4. The first-order valence-corrected chi connectivity index (χ1v) is 17.2. The van der Waals surface area contributed by atoms with Crippen molar-refractivity contribution in [2.75, 3.05) is 51.1 Å². The molecule has 0 aliphatic rings. The predicted octanol–water partition coefficient (Wildman–Crippen LogP) is 5.54. The van der Waals surface area contributed by atoms with E-state index in [1.165, 1.54) is 6.07 Å². The third-order valence-electron chi connectivity index (χ3n) is 6.66. The predicted molar refractivity (Wildman–Crippen MR) is 172 cm³/mol. The molecule has 41 heavy (non-hydrogen) atoms. The molecule has 222 valence electrons. The van der Waals surface area contributed by atoms with E-state index in [9.17, 15) is 16.8 Å². The van der Waals surface area contributed by atoms with Gasteiger partial charge in [0.2, 0.25) is 10.0 Å². The number of halogens is 1. The van der Waals surface area contributed by atoms with Crippen molar-refractivity contribution in [2.45, 2.75) is 35.5 Å². The minimum atomic E-state index is -3.72. The first-order chi connectivity index (χ1) is 19.4. The van der Waals surface area contributed by atoms with E-state index in [2.05, 4.69) is 4.72 Å². The summed E-state index contributed by atoms with van der Waals surface area (Å²) in [5.41, 5.74) is 7.43. The van der Waals surface area contributed by atoms with E-state index in [-0.39, 0.29) is 4.90 Å². The van der Waals surface area contributed by atoms with Gasteiger partial charge in [-0.15, -0.1) is 0 Å². The number of nitrogens with one attached hydrogen (secondary N) is 1. The van der Waals surface area contributed by atoms with Crippen molar-refractivity contribution >= 4 is 62.7 Å². The van der Waals surface area contributed by atoms with Crippen molar-refractivity contribution in [3.63, 3.8) is 0 Å². The lowest BCUT2D eigenvalue weighted by molar-refractivity contribution is 0.573. The molecule has 0 saturated heterocycles. The first-order valence-electron chi connectivity index (χ1n) is 13.4. The minimum Gasteiger partial charge on any atom is -0.377 e. The number of hydrogen-bond donors (Lipinski definition) is 2. The first kappa shape index (κ1) is 32.6. The van der Waals surface area contributed by atoms with Crippen LogP contribution < -0.4 is 20.3 Å². The fourth-order valence-electron chi connectivity index (χ4n) is 4.66. The Morgan fingerprint density at radius 1 is 0.634 bits per heavy atom. The van der Waals surface area contributed by atoms with Gasteiger partial charge in [-0.2, -0.15) is 0 Å². The quantitative estimate of drug-likeness (QED) is 0.168. The topological polar surface area (TPSA) is 113 Å². The molecule has 8 nitrogen and oxygen atoms in total.